The van der Waals surface area contributed by atoms with E-state index in [9.17, 15) is 27.2 Å². The molecular formula is C28H27F4N5O5. The third kappa shape index (κ3) is 6.94. The van der Waals surface area contributed by atoms with E-state index >= 15 is 0 Å². The number of oxazole rings is 1. The SMILES string of the molecule is CC(C)Oc1ccc(-c2nc(C(=O)NCC(=O)Nc3ccccc3OC(C)F)c(CN)o2)c2ccc(C(F)(F)F)nc12. The second-order valence-corrected chi connectivity index (χ2v) is 9.25. The van der Waals surface area contributed by atoms with Crippen LogP contribution in [0.3, 0.4) is 0 Å². The first-order valence-corrected chi connectivity index (χ1v) is 12.7. The van der Waals surface area contributed by atoms with E-state index in [2.05, 4.69) is 20.6 Å². The molecule has 0 aliphatic heterocycles. The molecule has 0 saturated heterocycles. The summed E-state index contributed by atoms with van der Waals surface area (Å²) in [6.45, 7) is 3.90. The number of nitrogens with one attached hydrogen (secondary N) is 2. The average Bonchev–Trinajstić information content (AvgIpc) is 3.36. The Morgan fingerprint density at radius 3 is 2.40 bits per heavy atom. The second kappa shape index (κ2) is 12.4. The quantitative estimate of drug-likeness (QED) is 0.214. The van der Waals surface area contributed by atoms with Crippen LogP contribution in [0.2, 0.25) is 0 Å². The number of carbonyl (C=O) groups excluding carboxylic acids is 2. The van der Waals surface area contributed by atoms with Crippen LogP contribution in [-0.2, 0) is 17.5 Å². The molecule has 0 aliphatic carbocycles. The Morgan fingerprint density at radius 1 is 1.00 bits per heavy atom. The Hall–Kier alpha value is -4.72. The van der Waals surface area contributed by atoms with Crippen molar-refractivity contribution in [3.8, 4) is 23.0 Å². The number of alkyl halides is 4. The molecule has 2 heterocycles. The summed E-state index contributed by atoms with van der Waals surface area (Å²) in [6, 6.07) is 11.2. The number of nitrogens with two attached hydrogens (primary N) is 1. The molecule has 4 N–H and O–H groups in total. The largest absolute Gasteiger partial charge is 0.489 e. The van der Waals surface area contributed by atoms with E-state index in [-0.39, 0.29) is 63.6 Å². The van der Waals surface area contributed by atoms with Crippen molar-refractivity contribution in [3.63, 3.8) is 0 Å². The molecule has 0 aliphatic rings. The third-order valence-corrected chi connectivity index (χ3v) is 5.66. The van der Waals surface area contributed by atoms with Crippen molar-refractivity contribution < 1.29 is 41.0 Å². The fourth-order valence-electron chi connectivity index (χ4n) is 3.95. The minimum atomic E-state index is -4.69. The third-order valence-electron chi connectivity index (χ3n) is 5.66. The minimum Gasteiger partial charge on any atom is -0.489 e. The molecule has 2 aromatic heterocycles. The van der Waals surface area contributed by atoms with Crippen LogP contribution in [0.4, 0.5) is 23.2 Å². The maximum Gasteiger partial charge on any atom is 0.433 e. The number of fused-ring (bicyclic) bond motifs is 1. The van der Waals surface area contributed by atoms with Gasteiger partial charge in [0.05, 0.1) is 24.9 Å². The van der Waals surface area contributed by atoms with Gasteiger partial charge in [-0.3, -0.25) is 9.59 Å². The smallest absolute Gasteiger partial charge is 0.433 e. The Bertz CT molecular complexity index is 1600. The van der Waals surface area contributed by atoms with Crippen molar-refractivity contribution in [2.45, 2.75) is 46.0 Å². The van der Waals surface area contributed by atoms with Crippen molar-refractivity contribution in [1.29, 1.82) is 0 Å². The minimum absolute atomic E-state index is 0.0193. The highest BCUT2D eigenvalue weighted by molar-refractivity contribution is 6.00. The molecule has 1 atom stereocenters. The molecule has 0 spiro atoms. The Balaban J connectivity index is 1.59. The Labute approximate surface area is 237 Å². The number of rotatable bonds is 10. The topological polar surface area (TPSA) is 142 Å². The zero-order valence-corrected chi connectivity index (χ0v) is 22.7. The van der Waals surface area contributed by atoms with Gasteiger partial charge in [0.2, 0.25) is 18.2 Å². The maximum atomic E-state index is 13.4. The Kier molecular flexibility index (Phi) is 8.95. The number of hydrogen-bond acceptors (Lipinski definition) is 8. The van der Waals surface area contributed by atoms with Crippen LogP contribution in [0.1, 0.15) is 42.7 Å². The van der Waals surface area contributed by atoms with E-state index in [1.165, 1.54) is 37.3 Å². The normalized spacial score (nSPS) is 12.3. The van der Waals surface area contributed by atoms with Crippen LogP contribution in [0.5, 0.6) is 11.5 Å². The van der Waals surface area contributed by atoms with Crippen LogP contribution < -0.4 is 25.8 Å². The van der Waals surface area contributed by atoms with E-state index in [1.807, 2.05) is 0 Å². The average molecular weight is 590 g/mol. The molecule has 2 aromatic carbocycles. The molecule has 0 radical (unpaired) electrons. The van der Waals surface area contributed by atoms with E-state index < -0.39 is 36.6 Å². The highest BCUT2D eigenvalue weighted by atomic mass is 19.4. The number of anilines is 1. The van der Waals surface area contributed by atoms with E-state index in [0.717, 1.165) is 6.07 Å². The van der Waals surface area contributed by atoms with Crippen molar-refractivity contribution in [1.82, 2.24) is 15.3 Å². The summed E-state index contributed by atoms with van der Waals surface area (Å²) in [6.07, 6.45) is -6.65. The molecule has 4 aromatic rings. The highest BCUT2D eigenvalue weighted by Crippen LogP contribution is 2.37. The predicted octanol–water partition coefficient (Wildman–Crippen LogP) is 5.22. The number of carbonyl (C=O) groups is 2. The number of ether oxygens (including phenoxy) is 2. The van der Waals surface area contributed by atoms with Gasteiger partial charge in [0.25, 0.3) is 5.91 Å². The number of aromatic nitrogens is 2. The fourth-order valence-corrected chi connectivity index (χ4v) is 3.95. The van der Waals surface area contributed by atoms with E-state index in [1.54, 1.807) is 26.0 Å². The first-order chi connectivity index (χ1) is 19.9. The lowest BCUT2D eigenvalue weighted by Crippen LogP contribution is -2.33. The first kappa shape index (κ1) is 30.2. The van der Waals surface area contributed by atoms with Crippen LogP contribution in [0, 0.1) is 0 Å². The molecule has 4 rings (SSSR count). The lowest BCUT2D eigenvalue weighted by molar-refractivity contribution is -0.141. The lowest BCUT2D eigenvalue weighted by atomic mass is 10.1. The number of nitrogens with zero attached hydrogens (tertiary/aromatic N) is 2. The van der Waals surface area contributed by atoms with Crippen molar-refractivity contribution >= 4 is 28.4 Å². The number of hydrogen-bond donors (Lipinski definition) is 3. The zero-order chi connectivity index (χ0) is 30.6. The Morgan fingerprint density at radius 2 is 1.74 bits per heavy atom. The molecule has 222 valence electrons. The van der Waals surface area contributed by atoms with Gasteiger partial charge >= 0.3 is 6.18 Å². The fraction of sp³-hybridized carbons (Fsp3) is 0.286. The molecule has 0 saturated carbocycles. The summed E-state index contributed by atoms with van der Waals surface area (Å²) in [5, 5.41) is 5.17. The van der Waals surface area contributed by atoms with Crippen molar-refractivity contribution in [2.75, 3.05) is 11.9 Å². The monoisotopic (exact) mass is 589 g/mol. The molecule has 10 nitrogen and oxygen atoms in total. The van der Waals surface area contributed by atoms with Gasteiger partial charge in [-0.25, -0.2) is 14.4 Å². The van der Waals surface area contributed by atoms with Crippen LogP contribution in [-0.4, -0.2) is 40.8 Å². The first-order valence-electron chi connectivity index (χ1n) is 12.7. The van der Waals surface area contributed by atoms with Gasteiger partial charge in [-0.1, -0.05) is 12.1 Å². The van der Waals surface area contributed by atoms with Crippen LogP contribution in [0.25, 0.3) is 22.4 Å². The van der Waals surface area contributed by atoms with Gasteiger partial charge in [-0.05, 0) is 50.2 Å². The number of halogens is 4. The highest BCUT2D eigenvalue weighted by Gasteiger charge is 2.33. The number of amides is 2. The van der Waals surface area contributed by atoms with Gasteiger partial charge in [-0.2, -0.15) is 13.2 Å². The van der Waals surface area contributed by atoms with Gasteiger partial charge in [-0.15, -0.1) is 0 Å². The lowest BCUT2D eigenvalue weighted by Gasteiger charge is -2.15. The molecule has 0 bridgehead atoms. The molecule has 0 fully saturated rings. The summed E-state index contributed by atoms with van der Waals surface area (Å²) in [7, 11) is 0. The molecule has 14 heteroatoms. The molecule has 1 unspecified atom stereocenters. The van der Waals surface area contributed by atoms with Gasteiger partial charge in [0.1, 0.15) is 22.7 Å². The van der Waals surface area contributed by atoms with E-state index in [0.29, 0.717) is 0 Å². The summed E-state index contributed by atoms with van der Waals surface area (Å²) < 4.78 is 69.9. The van der Waals surface area contributed by atoms with Crippen LogP contribution >= 0.6 is 0 Å². The maximum absolute atomic E-state index is 13.4. The van der Waals surface area contributed by atoms with Crippen LogP contribution in [0.15, 0.2) is 52.9 Å². The number of para-hydroxylation sites is 2. The number of pyridine rings is 1. The molecular weight excluding hydrogens is 562 g/mol. The second-order valence-electron chi connectivity index (χ2n) is 9.25. The van der Waals surface area contributed by atoms with Gasteiger partial charge in [0, 0.05) is 17.9 Å². The number of benzene rings is 2. The summed E-state index contributed by atoms with van der Waals surface area (Å²) in [4.78, 5) is 33.4. The molecule has 2 amide bonds. The predicted molar refractivity (Wildman–Crippen MR) is 145 cm³/mol. The van der Waals surface area contributed by atoms with E-state index in [4.69, 9.17) is 19.6 Å². The summed E-state index contributed by atoms with van der Waals surface area (Å²) in [5.41, 5.74) is 4.81. The van der Waals surface area contributed by atoms with Gasteiger partial charge < -0.3 is 30.3 Å². The summed E-state index contributed by atoms with van der Waals surface area (Å²) in [5.74, 6) is -1.32. The standard InChI is InChI=1S/C28H27F4N5O5/c1-14(2)40-20-10-8-17(16-9-11-22(28(30,31)32)36-24(16)20)27-37-25(21(12-33)42-27)26(39)34-13-23(38)35-18-6-4-5-7-19(18)41-15(3)29/h4-11,14-15H,12-13,33H2,1-3H3,(H,34,39)(H,35,38). The molecule has 42 heavy (non-hydrogen) atoms. The summed E-state index contributed by atoms with van der Waals surface area (Å²) >= 11 is 0. The van der Waals surface area contributed by atoms with Gasteiger partial charge in [0.15, 0.2) is 11.5 Å². The van der Waals surface area contributed by atoms with Crippen molar-refractivity contribution in [2.24, 2.45) is 5.73 Å². The van der Waals surface area contributed by atoms with Crippen molar-refractivity contribution in [3.05, 3.63) is 65.7 Å². The zero-order valence-electron chi connectivity index (χ0n) is 22.7.